The average molecular weight is 596 g/mol. The molecule has 3 heterocycles. The van der Waals surface area contributed by atoms with Crippen molar-refractivity contribution in [1.29, 1.82) is 0 Å². The first kappa shape index (κ1) is 32.1. The molecule has 4 amide bonds. The summed E-state index contributed by atoms with van der Waals surface area (Å²) in [4.78, 5) is 59.6. The molecule has 43 heavy (non-hydrogen) atoms. The fourth-order valence-corrected chi connectivity index (χ4v) is 5.58. The van der Waals surface area contributed by atoms with Crippen molar-refractivity contribution in [2.75, 3.05) is 32.8 Å². The molecule has 1 aromatic heterocycles. The highest BCUT2D eigenvalue weighted by atomic mass is 16.5. The molecule has 1 aromatic carbocycles. The highest BCUT2D eigenvalue weighted by molar-refractivity contribution is 5.88. The summed E-state index contributed by atoms with van der Waals surface area (Å²) in [7, 11) is 0. The van der Waals surface area contributed by atoms with Gasteiger partial charge in [0.05, 0.1) is 6.04 Å². The minimum atomic E-state index is -0.823. The molecule has 1 fully saturated rings. The molecule has 2 aliphatic heterocycles. The van der Waals surface area contributed by atoms with Crippen LogP contribution in [0.1, 0.15) is 69.2 Å². The lowest BCUT2D eigenvalue weighted by molar-refractivity contribution is -0.139. The van der Waals surface area contributed by atoms with E-state index in [1.807, 2.05) is 44.2 Å². The van der Waals surface area contributed by atoms with E-state index in [0.29, 0.717) is 76.6 Å². The number of aromatic nitrogens is 3. The van der Waals surface area contributed by atoms with Crippen LogP contribution in [-0.2, 0) is 36.9 Å². The molecule has 0 aliphatic carbocycles. The summed E-state index contributed by atoms with van der Waals surface area (Å²) in [5.41, 5.74) is 0.912. The molecule has 0 bridgehead atoms. The molecule has 2 atom stereocenters. The molecule has 0 unspecified atom stereocenters. The van der Waals surface area contributed by atoms with Gasteiger partial charge < -0.3 is 25.6 Å². The van der Waals surface area contributed by atoms with Gasteiger partial charge in [0, 0.05) is 51.6 Å². The van der Waals surface area contributed by atoms with Gasteiger partial charge in [-0.25, -0.2) is 9.67 Å². The predicted molar refractivity (Wildman–Crippen MR) is 160 cm³/mol. The summed E-state index contributed by atoms with van der Waals surface area (Å²) in [5, 5.41) is 13.4. The second kappa shape index (κ2) is 15.6. The zero-order chi connectivity index (χ0) is 30.8. The second-order valence-electron chi connectivity index (χ2n) is 11.7. The summed E-state index contributed by atoms with van der Waals surface area (Å²) in [5.74, 6) is 0.0585. The van der Waals surface area contributed by atoms with E-state index >= 15 is 0 Å². The summed E-state index contributed by atoms with van der Waals surface area (Å²) < 4.78 is 6.97. The van der Waals surface area contributed by atoms with Crippen LogP contribution in [0.4, 0.5) is 0 Å². The summed E-state index contributed by atoms with van der Waals surface area (Å²) in [6.07, 6.45) is 2.89. The number of fused-ring (bicyclic) bond motifs is 1. The van der Waals surface area contributed by atoms with Gasteiger partial charge in [0.25, 0.3) is 0 Å². The Balaban J connectivity index is 1.58. The summed E-state index contributed by atoms with van der Waals surface area (Å²) in [6, 6.07) is 8.18. The smallest absolute Gasteiger partial charge is 0.243 e. The number of aryl methyl sites for hydroxylation is 1. The second-order valence-corrected chi connectivity index (χ2v) is 11.7. The van der Waals surface area contributed by atoms with Crippen LogP contribution >= 0.6 is 0 Å². The highest BCUT2D eigenvalue weighted by Crippen LogP contribution is 2.22. The fourth-order valence-electron chi connectivity index (χ4n) is 5.58. The average Bonchev–Trinajstić information content (AvgIpc) is 3.35. The third kappa shape index (κ3) is 9.34. The maximum absolute atomic E-state index is 13.7. The van der Waals surface area contributed by atoms with Crippen molar-refractivity contribution in [3.05, 3.63) is 47.5 Å². The summed E-state index contributed by atoms with van der Waals surface area (Å²) >= 11 is 0. The van der Waals surface area contributed by atoms with Crippen LogP contribution in [0.3, 0.4) is 0 Å². The van der Waals surface area contributed by atoms with E-state index in [0.717, 1.165) is 5.56 Å². The fraction of sp³-hybridized carbons (Fsp3) is 0.613. The van der Waals surface area contributed by atoms with Crippen LogP contribution in [0, 0.1) is 18.8 Å². The molecule has 1 saturated heterocycles. The molecule has 12 heteroatoms. The summed E-state index contributed by atoms with van der Waals surface area (Å²) in [6.45, 7) is 8.03. The lowest BCUT2D eigenvalue weighted by Gasteiger charge is -2.30. The molecule has 2 aromatic rings. The standard InChI is InChI=1S/C31H45N7O5/c1-21(2)28-29-33-22(3)36-38(29)20-27(40)32-14-8-16-37(31(42)24-12-17-43-18-13-24)15-7-11-26(39)34-25(30(41)35-28)19-23-9-5-4-6-10-23/h4-6,9-10,21,24-25,28H,7-8,11-20H2,1-3H3,(H,32,40)(H,34,39)(H,35,41)/t25-,28+/m1/s1. The topological polar surface area (TPSA) is 148 Å². The molecule has 234 valence electrons. The number of carbonyl (C=O) groups is 4. The van der Waals surface area contributed by atoms with Crippen molar-refractivity contribution in [1.82, 2.24) is 35.6 Å². The van der Waals surface area contributed by atoms with Crippen molar-refractivity contribution in [3.63, 3.8) is 0 Å². The van der Waals surface area contributed by atoms with E-state index in [1.165, 1.54) is 4.68 Å². The number of carbonyl (C=O) groups excluding carboxylic acids is 4. The van der Waals surface area contributed by atoms with Gasteiger partial charge in [-0.15, -0.1) is 0 Å². The van der Waals surface area contributed by atoms with Crippen LogP contribution in [0.15, 0.2) is 30.3 Å². The van der Waals surface area contributed by atoms with Crippen LogP contribution in [0.2, 0.25) is 0 Å². The van der Waals surface area contributed by atoms with Crippen molar-refractivity contribution in [2.45, 2.75) is 77.9 Å². The molecule has 0 saturated carbocycles. The monoisotopic (exact) mass is 595 g/mol. The molecule has 12 nitrogen and oxygen atoms in total. The Morgan fingerprint density at radius 2 is 1.74 bits per heavy atom. The Bertz CT molecular complexity index is 1240. The van der Waals surface area contributed by atoms with Gasteiger partial charge in [0.2, 0.25) is 23.6 Å². The number of rotatable bonds is 4. The maximum Gasteiger partial charge on any atom is 0.243 e. The first-order valence-corrected chi connectivity index (χ1v) is 15.4. The minimum absolute atomic E-state index is 0.0514. The van der Waals surface area contributed by atoms with Gasteiger partial charge in [-0.05, 0) is 44.1 Å². The number of hydrogen-bond donors (Lipinski definition) is 3. The Labute approximate surface area is 253 Å². The zero-order valence-corrected chi connectivity index (χ0v) is 25.5. The Morgan fingerprint density at radius 1 is 1.02 bits per heavy atom. The number of nitrogens with one attached hydrogen (secondary N) is 3. The van der Waals surface area contributed by atoms with Gasteiger partial charge in [-0.3, -0.25) is 19.2 Å². The highest BCUT2D eigenvalue weighted by Gasteiger charge is 2.30. The minimum Gasteiger partial charge on any atom is -0.381 e. The number of nitrogens with zero attached hydrogens (tertiary/aromatic N) is 4. The molecule has 3 N–H and O–H groups in total. The third-order valence-electron chi connectivity index (χ3n) is 7.92. The van der Waals surface area contributed by atoms with Crippen molar-refractivity contribution >= 4 is 23.6 Å². The lowest BCUT2D eigenvalue weighted by Crippen LogP contribution is -2.50. The van der Waals surface area contributed by atoms with Crippen LogP contribution in [0.5, 0.6) is 0 Å². The Hall–Kier alpha value is -3.80. The quantitative estimate of drug-likeness (QED) is 0.487. The van der Waals surface area contributed by atoms with Crippen molar-refractivity contribution in [2.24, 2.45) is 11.8 Å². The molecule has 2 aliphatic rings. The normalized spacial score (nSPS) is 22.1. The predicted octanol–water partition coefficient (Wildman–Crippen LogP) is 1.68. The van der Waals surface area contributed by atoms with Gasteiger partial charge >= 0.3 is 0 Å². The van der Waals surface area contributed by atoms with Gasteiger partial charge in [-0.1, -0.05) is 44.2 Å². The van der Waals surface area contributed by atoms with E-state index in [9.17, 15) is 19.2 Å². The molecule has 0 spiro atoms. The largest absolute Gasteiger partial charge is 0.381 e. The van der Waals surface area contributed by atoms with Gasteiger partial charge in [0.15, 0.2) is 5.82 Å². The van der Waals surface area contributed by atoms with Crippen LogP contribution < -0.4 is 16.0 Å². The maximum atomic E-state index is 13.7. The zero-order valence-electron chi connectivity index (χ0n) is 25.5. The molecule has 0 radical (unpaired) electrons. The van der Waals surface area contributed by atoms with E-state index in [-0.39, 0.29) is 48.4 Å². The van der Waals surface area contributed by atoms with E-state index in [2.05, 4.69) is 26.0 Å². The van der Waals surface area contributed by atoms with Crippen LogP contribution in [0.25, 0.3) is 0 Å². The van der Waals surface area contributed by atoms with E-state index in [4.69, 9.17) is 4.74 Å². The first-order valence-electron chi connectivity index (χ1n) is 15.4. The molecular formula is C31H45N7O5. The Kier molecular flexibility index (Phi) is 11.7. The number of ether oxygens (including phenoxy) is 1. The SMILES string of the molecule is Cc1nc2n(n1)CC(=O)NCCCN(C(=O)C1CCOCC1)CCCC(=O)N[C@H](Cc1ccccc1)C(=O)N[C@H]2C(C)C. The van der Waals surface area contributed by atoms with Crippen molar-refractivity contribution < 1.29 is 23.9 Å². The van der Waals surface area contributed by atoms with Gasteiger partial charge in [0.1, 0.15) is 18.4 Å². The number of hydrogen-bond acceptors (Lipinski definition) is 7. The number of amides is 4. The molecular weight excluding hydrogens is 550 g/mol. The van der Waals surface area contributed by atoms with Gasteiger partial charge in [-0.2, -0.15) is 5.10 Å². The van der Waals surface area contributed by atoms with E-state index < -0.39 is 12.1 Å². The lowest BCUT2D eigenvalue weighted by atomic mass is 9.98. The van der Waals surface area contributed by atoms with E-state index in [1.54, 1.807) is 11.8 Å². The third-order valence-corrected chi connectivity index (χ3v) is 7.92. The van der Waals surface area contributed by atoms with Crippen LogP contribution in [-0.4, -0.2) is 82.2 Å². The van der Waals surface area contributed by atoms with Crippen molar-refractivity contribution in [3.8, 4) is 0 Å². The molecule has 4 rings (SSSR count). The Morgan fingerprint density at radius 3 is 2.47 bits per heavy atom. The number of benzene rings is 1. The first-order chi connectivity index (χ1) is 20.7.